The predicted octanol–water partition coefficient (Wildman–Crippen LogP) is 4.21. The van der Waals surface area contributed by atoms with Crippen LogP contribution in [-0.2, 0) is 4.79 Å². The van der Waals surface area contributed by atoms with Crippen LogP contribution >= 0.6 is 0 Å². The molecule has 0 radical (unpaired) electrons. The van der Waals surface area contributed by atoms with Gasteiger partial charge in [-0.05, 0) is 53.9 Å². The van der Waals surface area contributed by atoms with E-state index in [2.05, 4.69) is 11.1 Å². The molecule has 0 aliphatic carbocycles. The molecule has 3 saturated heterocycles. The van der Waals surface area contributed by atoms with Gasteiger partial charge in [0.15, 0.2) is 0 Å². The summed E-state index contributed by atoms with van der Waals surface area (Å²) in [6.45, 7) is 0.392. The lowest BCUT2D eigenvalue weighted by Crippen LogP contribution is -2.54. The summed E-state index contributed by atoms with van der Waals surface area (Å²) in [5.74, 6) is -0.488. The van der Waals surface area contributed by atoms with Gasteiger partial charge in [0.25, 0.3) is 11.8 Å². The molecule has 0 spiro atoms. The third-order valence-electron chi connectivity index (χ3n) is 7.87. The molecular weight excluding hydrogens is 478 g/mol. The summed E-state index contributed by atoms with van der Waals surface area (Å²) < 4.78 is 0. The van der Waals surface area contributed by atoms with E-state index in [0.29, 0.717) is 40.7 Å². The first-order valence-electron chi connectivity index (χ1n) is 12.5. The summed E-state index contributed by atoms with van der Waals surface area (Å²) in [6, 6.07) is 24.5. The average molecular weight is 500 g/mol. The van der Waals surface area contributed by atoms with E-state index in [0.717, 1.165) is 11.1 Å². The van der Waals surface area contributed by atoms with Crippen LogP contribution in [0.2, 0.25) is 0 Å². The number of urea groups is 1. The molecule has 0 N–H and O–H groups in total. The minimum atomic E-state index is -0.726. The number of rotatable bonds is 3. The molecule has 4 heterocycles. The molecule has 184 valence electrons. The smallest absolute Gasteiger partial charge is 0.331 e. The first kappa shape index (κ1) is 22.2. The number of aromatic nitrogens is 1. The topological polar surface area (TPSA) is 97.6 Å². The lowest BCUT2D eigenvalue weighted by molar-refractivity contribution is -0.121. The van der Waals surface area contributed by atoms with Gasteiger partial charge in [-0.25, -0.2) is 9.69 Å². The number of fused-ring (bicyclic) bond motifs is 6. The molecule has 3 aliphatic heterocycles. The normalized spacial score (nSPS) is 21.8. The molecule has 3 aromatic carbocycles. The first-order chi connectivity index (χ1) is 18.6. The SMILES string of the molecule is N#Cc1ccc(N2C(=O)[C@@H]3C4C[C@H](CN4C(=O)c4ccc(-c5ccccc5)cc4)N3C2=O)c2cccnc12. The van der Waals surface area contributed by atoms with Crippen molar-refractivity contribution in [3.63, 3.8) is 0 Å². The highest BCUT2D eigenvalue weighted by Crippen LogP contribution is 2.44. The number of hydrogen-bond acceptors (Lipinski definition) is 5. The molecule has 7 rings (SSSR count). The monoisotopic (exact) mass is 499 g/mol. The molecule has 8 heteroatoms. The molecule has 3 fully saturated rings. The van der Waals surface area contributed by atoms with Crippen molar-refractivity contribution in [3.8, 4) is 17.2 Å². The lowest BCUT2D eigenvalue weighted by Gasteiger charge is -2.35. The van der Waals surface area contributed by atoms with Crippen LogP contribution in [0.1, 0.15) is 22.3 Å². The zero-order valence-electron chi connectivity index (χ0n) is 20.2. The second-order valence-electron chi connectivity index (χ2n) is 9.81. The van der Waals surface area contributed by atoms with Gasteiger partial charge in [0.1, 0.15) is 12.1 Å². The molecule has 4 aromatic rings. The van der Waals surface area contributed by atoms with E-state index in [-0.39, 0.29) is 29.9 Å². The summed E-state index contributed by atoms with van der Waals surface area (Å²) in [6.07, 6.45) is 2.16. The Morgan fingerprint density at radius 2 is 1.68 bits per heavy atom. The fraction of sp³-hybridized carbons (Fsp3) is 0.167. The Kier molecular flexibility index (Phi) is 4.82. The lowest BCUT2D eigenvalue weighted by atomic mass is 10.0. The van der Waals surface area contributed by atoms with Crippen LogP contribution in [0.25, 0.3) is 22.0 Å². The van der Waals surface area contributed by atoms with E-state index < -0.39 is 6.04 Å². The summed E-state index contributed by atoms with van der Waals surface area (Å²) >= 11 is 0. The van der Waals surface area contributed by atoms with Crippen LogP contribution in [0.4, 0.5) is 10.5 Å². The van der Waals surface area contributed by atoms with Crippen molar-refractivity contribution >= 4 is 34.4 Å². The maximum Gasteiger partial charge on any atom is 0.332 e. The number of carbonyl (C=O) groups excluding carboxylic acids is 3. The fourth-order valence-corrected chi connectivity index (χ4v) is 6.16. The van der Waals surface area contributed by atoms with E-state index in [1.807, 2.05) is 54.6 Å². The number of carbonyl (C=O) groups is 3. The highest BCUT2D eigenvalue weighted by molar-refractivity contribution is 6.25. The van der Waals surface area contributed by atoms with Crippen LogP contribution < -0.4 is 4.90 Å². The van der Waals surface area contributed by atoms with Gasteiger partial charge < -0.3 is 9.80 Å². The van der Waals surface area contributed by atoms with Crippen LogP contribution in [0, 0.1) is 11.3 Å². The highest BCUT2D eigenvalue weighted by Gasteiger charge is 2.63. The molecule has 8 nitrogen and oxygen atoms in total. The number of nitriles is 1. The zero-order valence-corrected chi connectivity index (χ0v) is 20.2. The number of imide groups is 1. The van der Waals surface area contributed by atoms with Crippen molar-refractivity contribution in [2.45, 2.75) is 24.5 Å². The van der Waals surface area contributed by atoms with Gasteiger partial charge in [0.05, 0.1) is 28.9 Å². The minimum absolute atomic E-state index is 0.136. The second kappa shape index (κ2) is 8.25. The Hall–Kier alpha value is -5.03. The van der Waals surface area contributed by atoms with Crippen molar-refractivity contribution < 1.29 is 14.4 Å². The number of benzene rings is 3. The predicted molar refractivity (Wildman–Crippen MR) is 140 cm³/mol. The number of amides is 4. The minimum Gasteiger partial charge on any atom is -0.331 e. The third kappa shape index (κ3) is 3.08. The van der Waals surface area contributed by atoms with Crippen LogP contribution in [0.5, 0.6) is 0 Å². The van der Waals surface area contributed by atoms with Gasteiger partial charge in [-0.1, -0.05) is 42.5 Å². The molecule has 4 amide bonds. The van der Waals surface area contributed by atoms with Crippen LogP contribution in [0.3, 0.4) is 0 Å². The first-order valence-corrected chi connectivity index (χ1v) is 12.5. The van der Waals surface area contributed by atoms with Gasteiger partial charge in [0.2, 0.25) is 0 Å². The van der Waals surface area contributed by atoms with E-state index in [4.69, 9.17) is 0 Å². The molecule has 0 saturated carbocycles. The third-order valence-corrected chi connectivity index (χ3v) is 7.87. The van der Waals surface area contributed by atoms with E-state index >= 15 is 0 Å². The summed E-state index contributed by atoms with van der Waals surface area (Å²) in [4.78, 5) is 49.7. The number of likely N-dealkylation sites (tertiary alicyclic amines) is 1. The van der Waals surface area contributed by atoms with Crippen LogP contribution in [0.15, 0.2) is 85.1 Å². The van der Waals surface area contributed by atoms with Crippen molar-refractivity contribution in [1.82, 2.24) is 14.8 Å². The van der Waals surface area contributed by atoms with E-state index in [9.17, 15) is 19.6 Å². The van der Waals surface area contributed by atoms with Gasteiger partial charge in [-0.15, -0.1) is 0 Å². The van der Waals surface area contributed by atoms with E-state index in [1.54, 1.807) is 40.3 Å². The Bertz CT molecular complexity index is 1680. The highest BCUT2D eigenvalue weighted by atomic mass is 16.2. The Balaban J connectivity index is 1.18. The van der Waals surface area contributed by atoms with Gasteiger partial charge >= 0.3 is 6.03 Å². The largest absolute Gasteiger partial charge is 0.332 e. The van der Waals surface area contributed by atoms with Crippen molar-refractivity contribution in [2.75, 3.05) is 11.4 Å². The van der Waals surface area contributed by atoms with Crippen LogP contribution in [-0.4, -0.2) is 57.3 Å². The molecule has 38 heavy (non-hydrogen) atoms. The van der Waals surface area contributed by atoms with E-state index in [1.165, 1.54) is 4.90 Å². The molecule has 1 unspecified atom stereocenters. The Morgan fingerprint density at radius 3 is 2.45 bits per heavy atom. The van der Waals surface area contributed by atoms with Crippen molar-refractivity contribution in [1.29, 1.82) is 5.26 Å². The zero-order chi connectivity index (χ0) is 26.0. The molecule has 1 aromatic heterocycles. The Morgan fingerprint density at radius 1 is 0.921 bits per heavy atom. The average Bonchev–Trinajstić information content (AvgIpc) is 3.64. The standard InChI is InChI=1S/C30H21N5O3/c31-16-21-12-13-24(23-7-4-14-32-26(21)23)35-29(37)27-25-15-22(34(27)30(35)38)17-33(25)28(36)20-10-8-19(9-11-20)18-5-2-1-3-6-18/h1-14,22,25,27H,15,17H2/t22-,25?,27+/m1/s1. The maximum atomic E-state index is 13.7. The Labute approximate surface area is 218 Å². The molecular formula is C30H21N5O3. The van der Waals surface area contributed by atoms with Crippen molar-refractivity contribution in [2.24, 2.45) is 0 Å². The van der Waals surface area contributed by atoms with Crippen molar-refractivity contribution in [3.05, 3.63) is 96.2 Å². The number of pyridine rings is 1. The summed E-state index contributed by atoms with van der Waals surface area (Å²) in [7, 11) is 0. The maximum absolute atomic E-state index is 13.7. The van der Waals surface area contributed by atoms with Gasteiger partial charge in [-0.2, -0.15) is 5.26 Å². The number of piperazine rings is 1. The summed E-state index contributed by atoms with van der Waals surface area (Å²) in [5.41, 5.74) is 3.88. The summed E-state index contributed by atoms with van der Waals surface area (Å²) in [5, 5.41) is 10.0. The quantitative estimate of drug-likeness (QED) is 0.394. The van der Waals surface area contributed by atoms with Gasteiger partial charge in [0, 0.05) is 23.7 Å². The number of nitrogens with zero attached hydrogens (tertiary/aromatic N) is 5. The fourth-order valence-electron chi connectivity index (χ4n) is 6.16. The molecule has 2 bridgehead atoms. The molecule has 3 atom stereocenters. The number of hydrogen-bond donors (Lipinski definition) is 0. The van der Waals surface area contributed by atoms with Gasteiger partial charge in [-0.3, -0.25) is 14.6 Å². The second-order valence-corrected chi connectivity index (χ2v) is 9.81. The molecule has 3 aliphatic rings. The number of anilines is 1.